The first kappa shape index (κ1) is 19.4. The molecular formula is C20H16N2O5S. The van der Waals surface area contributed by atoms with Crippen LogP contribution in [0.5, 0.6) is 0 Å². The Labute approximate surface area is 164 Å². The van der Waals surface area contributed by atoms with Crippen molar-refractivity contribution in [1.82, 2.24) is 4.98 Å². The summed E-state index contributed by atoms with van der Waals surface area (Å²) in [6.45, 7) is 1.50. The Kier molecular flexibility index (Phi) is 5.90. The van der Waals surface area contributed by atoms with Crippen LogP contribution in [-0.4, -0.2) is 28.3 Å². The number of nitro benzene ring substituents is 1. The highest BCUT2D eigenvalue weighted by atomic mass is 32.2. The van der Waals surface area contributed by atoms with E-state index in [-0.39, 0.29) is 17.0 Å². The molecule has 0 aliphatic carbocycles. The molecule has 28 heavy (non-hydrogen) atoms. The van der Waals surface area contributed by atoms with E-state index in [1.54, 1.807) is 18.3 Å². The largest absolute Gasteiger partial charge is 0.454 e. The first-order valence-corrected chi connectivity index (χ1v) is 9.12. The monoisotopic (exact) mass is 396 g/mol. The summed E-state index contributed by atoms with van der Waals surface area (Å²) in [5.41, 5.74) is 1.23. The third kappa shape index (κ3) is 4.66. The van der Waals surface area contributed by atoms with Crippen molar-refractivity contribution >= 4 is 29.2 Å². The van der Waals surface area contributed by atoms with Gasteiger partial charge in [-0.3, -0.25) is 14.9 Å². The van der Waals surface area contributed by atoms with Gasteiger partial charge in [-0.1, -0.05) is 29.5 Å². The number of H-pyrrole nitrogens is 1. The highest BCUT2D eigenvalue weighted by Gasteiger charge is 2.20. The van der Waals surface area contributed by atoms with Crippen LogP contribution in [0.15, 0.2) is 70.6 Å². The predicted molar refractivity (Wildman–Crippen MR) is 104 cm³/mol. The quantitative estimate of drug-likeness (QED) is 0.274. The molecule has 0 aliphatic rings. The molecule has 0 spiro atoms. The average molecular weight is 396 g/mol. The summed E-state index contributed by atoms with van der Waals surface area (Å²) in [7, 11) is 0. The molecule has 8 heteroatoms. The number of ketones is 1. The maximum absolute atomic E-state index is 12.2. The number of esters is 1. The molecule has 1 N–H and O–H groups in total. The number of aryl methyl sites for hydroxylation is 1. The van der Waals surface area contributed by atoms with E-state index in [0.717, 1.165) is 16.5 Å². The topological polar surface area (TPSA) is 102 Å². The van der Waals surface area contributed by atoms with Gasteiger partial charge in [-0.2, -0.15) is 0 Å². The fraction of sp³-hybridized carbons (Fsp3) is 0.100. The van der Waals surface area contributed by atoms with Crippen molar-refractivity contribution in [3.63, 3.8) is 0 Å². The summed E-state index contributed by atoms with van der Waals surface area (Å²) >= 11 is 1.24. The van der Waals surface area contributed by atoms with Crippen molar-refractivity contribution in [3.05, 3.63) is 87.7 Å². The summed E-state index contributed by atoms with van der Waals surface area (Å²) in [4.78, 5) is 38.9. The zero-order valence-electron chi connectivity index (χ0n) is 14.9. The fourth-order valence-corrected chi connectivity index (χ4v) is 3.30. The third-order valence-corrected chi connectivity index (χ3v) is 4.95. The Morgan fingerprint density at radius 1 is 1.14 bits per heavy atom. The number of benzene rings is 2. The van der Waals surface area contributed by atoms with Crippen LogP contribution in [-0.2, 0) is 4.74 Å². The number of ether oxygens (including phenoxy) is 1. The standard InChI is InChI=1S/C20H16N2O5S/c1-13-4-7-15(8-5-13)28-19-9-6-14(11-17(19)22(25)26)20(24)27-12-18(23)16-3-2-10-21-16/h2-11,21H,12H2,1H3. The molecule has 0 atom stereocenters. The molecule has 0 saturated heterocycles. The number of carbonyl (C=O) groups is 2. The molecule has 2 aromatic carbocycles. The van der Waals surface area contributed by atoms with Crippen molar-refractivity contribution in [3.8, 4) is 0 Å². The second-order valence-electron chi connectivity index (χ2n) is 5.94. The molecular weight excluding hydrogens is 380 g/mol. The molecule has 1 aromatic heterocycles. The van der Waals surface area contributed by atoms with Gasteiger partial charge in [0.05, 0.1) is 21.1 Å². The van der Waals surface area contributed by atoms with Crippen molar-refractivity contribution in [2.45, 2.75) is 16.7 Å². The van der Waals surface area contributed by atoms with Crippen molar-refractivity contribution in [1.29, 1.82) is 0 Å². The van der Waals surface area contributed by atoms with E-state index in [0.29, 0.717) is 10.6 Å². The molecule has 0 bridgehead atoms. The molecule has 3 rings (SSSR count). The Morgan fingerprint density at radius 3 is 2.54 bits per heavy atom. The van der Waals surface area contributed by atoms with Crippen molar-refractivity contribution in [2.24, 2.45) is 0 Å². The number of hydrogen-bond acceptors (Lipinski definition) is 6. The second kappa shape index (κ2) is 8.53. The van der Waals surface area contributed by atoms with Gasteiger partial charge in [-0.25, -0.2) is 4.79 Å². The first-order chi connectivity index (χ1) is 13.4. The Balaban J connectivity index is 1.74. The van der Waals surface area contributed by atoms with Crippen LogP contribution >= 0.6 is 11.8 Å². The molecule has 0 amide bonds. The SMILES string of the molecule is Cc1ccc(Sc2ccc(C(=O)OCC(=O)c3ccc[nH]3)cc2[N+](=O)[O-])cc1. The van der Waals surface area contributed by atoms with E-state index < -0.39 is 17.5 Å². The van der Waals surface area contributed by atoms with Gasteiger partial charge >= 0.3 is 5.97 Å². The zero-order chi connectivity index (χ0) is 20.1. The lowest BCUT2D eigenvalue weighted by Crippen LogP contribution is -2.14. The number of nitrogens with zero attached hydrogens (tertiary/aromatic N) is 1. The maximum Gasteiger partial charge on any atom is 0.338 e. The van der Waals surface area contributed by atoms with Crippen molar-refractivity contribution < 1.29 is 19.2 Å². The van der Waals surface area contributed by atoms with E-state index in [2.05, 4.69) is 4.98 Å². The van der Waals surface area contributed by atoms with Gasteiger partial charge < -0.3 is 9.72 Å². The van der Waals surface area contributed by atoms with Crippen LogP contribution in [0.4, 0.5) is 5.69 Å². The molecule has 0 radical (unpaired) electrons. The zero-order valence-corrected chi connectivity index (χ0v) is 15.7. The number of aromatic amines is 1. The minimum atomic E-state index is -0.796. The number of nitro groups is 1. The summed E-state index contributed by atoms with van der Waals surface area (Å²) in [6, 6.07) is 14.9. The average Bonchev–Trinajstić information content (AvgIpc) is 3.22. The van der Waals surface area contributed by atoms with E-state index in [9.17, 15) is 19.7 Å². The smallest absolute Gasteiger partial charge is 0.338 e. The summed E-state index contributed by atoms with van der Waals surface area (Å²) in [6.07, 6.45) is 1.59. The van der Waals surface area contributed by atoms with Crippen LogP contribution in [0.25, 0.3) is 0 Å². The van der Waals surface area contributed by atoms with Gasteiger partial charge in [0.25, 0.3) is 5.69 Å². The van der Waals surface area contributed by atoms with Crippen LogP contribution < -0.4 is 0 Å². The molecule has 3 aromatic rings. The van der Waals surface area contributed by atoms with E-state index in [4.69, 9.17) is 4.74 Å². The number of Topliss-reactive ketones (excluding diaryl/α,β-unsaturated/α-hetero) is 1. The fourth-order valence-electron chi connectivity index (χ4n) is 2.40. The van der Waals surface area contributed by atoms with Gasteiger partial charge in [0.15, 0.2) is 6.61 Å². The highest BCUT2D eigenvalue weighted by Crippen LogP contribution is 2.35. The lowest BCUT2D eigenvalue weighted by molar-refractivity contribution is -0.387. The van der Waals surface area contributed by atoms with Crippen LogP contribution in [0, 0.1) is 17.0 Å². The van der Waals surface area contributed by atoms with E-state index in [1.807, 2.05) is 31.2 Å². The molecule has 7 nitrogen and oxygen atoms in total. The van der Waals surface area contributed by atoms with Crippen LogP contribution in [0.1, 0.15) is 26.4 Å². The molecule has 1 heterocycles. The summed E-state index contributed by atoms with van der Waals surface area (Å²) in [5, 5.41) is 11.4. The number of hydrogen-bond donors (Lipinski definition) is 1. The molecule has 0 saturated carbocycles. The number of aromatic nitrogens is 1. The minimum Gasteiger partial charge on any atom is -0.454 e. The van der Waals surface area contributed by atoms with Gasteiger partial charge in [0.2, 0.25) is 5.78 Å². The highest BCUT2D eigenvalue weighted by molar-refractivity contribution is 7.99. The number of rotatable bonds is 7. The summed E-state index contributed by atoms with van der Waals surface area (Å²) < 4.78 is 4.98. The molecule has 0 aliphatic heterocycles. The lowest BCUT2D eigenvalue weighted by atomic mass is 10.2. The van der Waals surface area contributed by atoms with Gasteiger partial charge in [-0.15, -0.1) is 0 Å². The second-order valence-corrected chi connectivity index (χ2v) is 7.05. The van der Waals surface area contributed by atoms with E-state index in [1.165, 1.54) is 23.9 Å². The lowest BCUT2D eigenvalue weighted by Gasteiger charge is -2.07. The van der Waals surface area contributed by atoms with Crippen molar-refractivity contribution in [2.75, 3.05) is 6.61 Å². The molecule has 0 fully saturated rings. The Hall–Kier alpha value is -3.39. The maximum atomic E-state index is 12.2. The van der Waals surface area contributed by atoms with Crippen LogP contribution in [0.2, 0.25) is 0 Å². The third-order valence-electron chi connectivity index (χ3n) is 3.87. The normalized spacial score (nSPS) is 10.5. The van der Waals surface area contributed by atoms with Gasteiger partial charge in [-0.05, 0) is 43.3 Å². The van der Waals surface area contributed by atoms with E-state index >= 15 is 0 Å². The number of nitrogens with one attached hydrogen (secondary N) is 1. The van der Waals surface area contributed by atoms with Gasteiger partial charge in [0.1, 0.15) is 0 Å². The Bertz CT molecular complexity index is 1010. The first-order valence-electron chi connectivity index (χ1n) is 8.31. The summed E-state index contributed by atoms with van der Waals surface area (Å²) in [5.74, 6) is -1.19. The predicted octanol–water partition coefficient (Wildman–Crippen LogP) is 4.42. The molecule has 142 valence electrons. The number of carbonyl (C=O) groups excluding carboxylic acids is 2. The van der Waals surface area contributed by atoms with Crippen LogP contribution in [0.3, 0.4) is 0 Å². The minimum absolute atomic E-state index is 0.0132. The molecule has 0 unspecified atom stereocenters. The van der Waals surface area contributed by atoms with Gasteiger partial charge in [0, 0.05) is 17.2 Å². The Morgan fingerprint density at radius 2 is 1.89 bits per heavy atom.